The van der Waals surface area contributed by atoms with E-state index < -0.39 is 11.6 Å². The van der Waals surface area contributed by atoms with Crippen molar-refractivity contribution in [2.45, 2.75) is 6.92 Å². The summed E-state index contributed by atoms with van der Waals surface area (Å²) in [5, 5.41) is 7.52. The Hall–Kier alpha value is -2.21. The van der Waals surface area contributed by atoms with Gasteiger partial charge in [-0.15, -0.1) is 0 Å². The molecule has 0 atom stereocenters. The molecule has 0 aliphatic heterocycles. The van der Waals surface area contributed by atoms with Crippen molar-refractivity contribution in [3.63, 3.8) is 0 Å². The van der Waals surface area contributed by atoms with Crippen molar-refractivity contribution in [2.75, 3.05) is 5.73 Å². The maximum Gasteiger partial charge on any atom is 0.178 e. The molecule has 0 aliphatic carbocycles. The Morgan fingerprint density at radius 3 is 2.65 bits per heavy atom. The van der Waals surface area contributed by atoms with Gasteiger partial charge in [-0.25, -0.2) is 8.78 Å². The van der Waals surface area contributed by atoms with Crippen molar-refractivity contribution in [2.24, 2.45) is 0 Å². The van der Waals surface area contributed by atoms with Crippen LogP contribution < -0.4 is 5.73 Å². The lowest BCUT2D eigenvalue weighted by Crippen LogP contribution is -1.92. The molecule has 3 nitrogen and oxygen atoms in total. The molecular formula is C14H10F2N2OS. The van der Waals surface area contributed by atoms with E-state index in [1.54, 1.807) is 0 Å². The Balaban J connectivity index is 2.24. The fraction of sp³-hybridized carbons (Fsp3) is 0.0714. The number of anilines is 1. The second kappa shape index (κ2) is 4.72. The first-order valence-corrected chi connectivity index (χ1v) is 6.76. The van der Waals surface area contributed by atoms with Gasteiger partial charge in [0.1, 0.15) is 11.6 Å². The van der Waals surface area contributed by atoms with Crippen molar-refractivity contribution in [3.8, 4) is 22.5 Å². The minimum atomic E-state index is -0.700. The Morgan fingerprint density at radius 2 is 2.00 bits per heavy atom. The van der Waals surface area contributed by atoms with Gasteiger partial charge in [-0.05, 0) is 30.0 Å². The lowest BCUT2D eigenvalue weighted by molar-refractivity contribution is 0.436. The van der Waals surface area contributed by atoms with Crippen molar-refractivity contribution in [1.82, 2.24) is 5.16 Å². The number of thiophene rings is 1. The number of aromatic nitrogens is 1. The van der Waals surface area contributed by atoms with E-state index in [1.165, 1.54) is 23.5 Å². The molecule has 0 aliphatic rings. The van der Waals surface area contributed by atoms with E-state index in [0.29, 0.717) is 11.3 Å². The number of hydrogen-bond acceptors (Lipinski definition) is 4. The van der Waals surface area contributed by atoms with Crippen molar-refractivity contribution in [3.05, 3.63) is 46.2 Å². The Kier molecular flexibility index (Phi) is 3.02. The molecule has 0 saturated carbocycles. The van der Waals surface area contributed by atoms with E-state index >= 15 is 0 Å². The van der Waals surface area contributed by atoms with E-state index in [-0.39, 0.29) is 11.4 Å². The zero-order valence-corrected chi connectivity index (χ0v) is 11.3. The average molecular weight is 292 g/mol. The molecular weight excluding hydrogens is 282 g/mol. The number of nitrogens with two attached hydrogens (primary N) is 1. The van der Waals surface area contributed by atoms with Crippen LogP contribution in [-0.2, 0) is 0 Å². The fourth-order valence-corrected chi connectivity index (χ4v) is 2.86. The summed E-state index contributed by atoms with van der Waals surface area (Å²) in [6, 6.07) is 3.32. The highest BCUT2D eigenvalue weighted by Gasteiger charge is 2.22. The number of hydrogen-bond donors (Lipinski definition) is 1. The van der Waals surface area contributed by atoms with E-state index in [1.807, 2.05) is 17.7 Å². The third-order valence-electron chi connectivity index (χ3n) is 3.02. The third kappa shape index (κ3) is 1.98. The van der Waals surface area contributed by atoms with Crippen LogP contribution in [0.2, 0.25) is 0 Å². The molecule has 102 valence electrons. The second-order valence-corrected chi connectivity index (χ2v) is 5.11. The number of halogens is 2. The van der Waals surface area contributed by atoms with Crippen LogP contribution >= 0.6 is 11.3 Å². The van der Waals surface area contributed by atoms with Crippen LogP contribution in [0.3, 0.4) is 0 Å². The molecule has 3 aromatic rings. The summed E-state index contributed by atoms with van der Waals surface area (Å²) >= 11 is 1.50. The van der Waals surface area contributed by atoms with Crippen LogP contribution in [0.4, 0.5) is 14.6 Å². The monoisotopic (exact) mass is 292 g/mol. The normalized spacial score (nSPS) is 10.9. The van der Waals surface area contributed by atoms with Crippen LogP contribution in [-0.4, -0.2) is 5.16 Å². The van der Waals surface area contributed by atoms with Gasteiger partial charge in [0.15, 0.2) is 11.6 Å². The first-order chi connectivity index (χ1) is 9.58. The molecule has 0 spiro atoms. The van der Waals surface area contributed by atoms with Crippen LogP contribution in [0, 0.1) is 18.6 Å². The van der Waals surface area contributed by atoms with Gasteiger partial charge in [-0.1, -0.05) is 5.16 Å². The summed E-state index contributed by atoms with van der Waals surface area (Å²) < 4.78 is 32.2. The molecule has 0 unspecified atom stereocenters. The van der Waals surface area contributed by atoms with E-state index in [9.17, 15) is 8.78 Å². The molecule has 0 amide bonds. The standard InChI is InChI=1S/C14H10F2N2OS/c1-7-5-20-6-10(7)13-12(14(17)18-19-13)9-3-2-8(15)4-11(9)16/h2-6H,1H3,(H2,17,18). The van der Waals surface area contributed by atoms with E-state index in [2.05, 4.69) is 5.16 Å². The van der Waals surface area contributed by atoms with Gasteiger partial charge in [-0.3, -0.25) is 0 Å². The van der Waals surface area contributed by atoms with Crippen LogP contribution in [0.15, 0.2) is 33.5 Å². The maximum atomic E-state index is 14.0. The summed E-state index contributed by atoms with van der Waals surface area (Å²) in [6.45, 7) is 1.91. The number of nitrogen functional groups attached to an aromatic ring is 1. The first kappa shape index (κ1) is 12.8. The molecule has 2 heterocycles. The summed E-state index contributed by atoms with van der Waals surface area (Å²) in [5.41, 5.74) is 8.08. The van der Waals surface area contributed by atoms with Gasteiger partial charge in [-0.2, -0.15) is 11.3 Å². The van der Waals surface area contributed by atoms with Crippen LogP contribution in [0.5, 0.6) is 0 Å². The summed E-state index contributed by atoms with van der Waals surface area (Å²) in [7, 11) is 0. The van der Waals surface area contributed by atoms with Crippen LogP contribution in [0.1, 0.15) is 5.56 Å². The lowest BCUT2D eigenvalue weighted by Gasteiger charge is -2.04. The minimum Gasteiger partial charge on any atom is -0.380 e. The summed E-state index contributed by atoms with van der Waals surface area (Å²) in [4.78, 5) is 0. The molecule has 0 saturated heterocycles. The van der Waals surface area contributed by atoms with Gasteiger partial charge < -0.3 is 10.3 Å². The van der Waals surface area contributed by atoms with Crippen molar-refractivity contribution < 1.29 is 13.3 Å². The van der Waals surface area contributed by atoms with Gasteiger partial charge in [0.2, 0.25) is 0 Å². The molecule has 0 bridgehead atoms. The quantitative estimate of drug-likeness (QED) is 0.768. The lowest BCUT2D eigenvalue weighted by atomic mass is 10.0. The fourth-order valence-electron chi connectivity index (χ4n) is 2.03. The highest BCUT2D eigenvalue weighted by atomic mass is 32.1. The van der Waals surface area contributed by atoms with Gasteiger partial charge in [0.25, 0.3) is 0 Å². The molecule has 0 radical (unpaired) electrons. The zero-order valence-electron chi connectivity index (χ0n) is 10.5. The van der Waals surface area contributed by atoms with Gasteiger partial charge in [0.05, 0.1) is 5.56 Å². The predicted molar refractivity (Wildman–Crippen MR) is 74.3 cm³/mol. The highest BCUT2D eigenvalue weighted by molar-refractivity contribution is 7.08. The zero-order chi connectivity index (χ0) is 14.3. The smallest absolute Gasteiger partial charge is 0.178 e. The first-order valence-electron chi connectivity index (χ1n) is 5.81. The topological polar surface area (TPSA) is 52.0 Å². The minimum absolute atomic E-state index is 0.0797. The molecule has 20 heavy (non-hydrogen) atoms. The van der Waals surface area contributed by atoms with Crippen molar-refractivity contribution in [1.29, 1.82) is 0 Å². The number of rotatable bonds is 2. The largest absolute Gasteiger partial charge is 0.380 e. The number of aryl methyl sites for hydroxylation is 1. The van der Waals surface area contributed by atoms with Crippen molar-refractivity contribution >= 4 is 17.2 Å². The summed E-state index contributed by atoms with van der Waals surface area (Å²) in [5.74, 6) is -0.869. The molecule has 2 N–H and O–H groups in total. The van der Waals surface area contributed by atoms with E-state index in [4.69, 9.17) is 10.3 Å². The third-order valence-corrected chi connectivity index (χ3v) is 3.88. The SMILES string of the molecule is Cc1cscc1-c1onc(N)c1-c1ccc(F)cc1F. The Labute approximate surface area is 117 Å². The Morgan fingerprint density at radius 1 is 1.20 bits per heavy atom. The van der Waals surface area contributed by atoms with E-state index in [0.717, 1.165) is 17.2 Å². The highest BCUT2D eigenvalue weighted by Crippen LogP contribution is 2.40. The molecule has 3 rings (SSSR count). The maximum absolute atomic E-state index is 14.0. The Bertz CT molecular complexity index is 779. The molecule has 0 fully saturated rings. The summed E-state index contributed by atoms with van der Waals surface area (Å²) in [6.07, 6.45) is 0. The van der Waals surface area contributed by atoms with Gasteiger partial charge in [0, 0.05) is 22.6 Å². The average Bonchev–Trinajstić information content (AvgIpc) is 2.96. The molecule has 2 aromatic heterocycles. The number of nitrogens with zero attached hydrogens (tertiary/aromatic N) is 1. The van der Waals surface area contributed by atoms with Crippen LogP contribution in [0.25, 0.3) is 22.5 Å². The molecule has 6 heteroatoms. The predicted octanol–water partition coefficient (Wildman–Crippen LogP) is 4.24. The number of benzene rings is 1. The second-order valence-electron chi connectivity index (χ2n) is 4.36. The molecule has 1 aromatic carbocycles. The van der Waals surface area contributed by atoms with Gasteiger partial charge >= 0.3 is 0 Å².